The SMILES string of the molecule is COC12OCCC1(O)C(CO)OC2n1cc(C)c(=O)[nH]c1=O. The number of hydrogen-bond donors (Lipinski definition) is 3. The molecule has 1 aromatic rings. The Morgan fingerprint density at radius 1 is 1.55 bits per heavy atom. The lowest BCUT2D eigenvalue weighted by Crippen LogP contribution is -2.57. The second-order valence-corrected chi connectivity index (χ2v) is 5.53. The van der Waals surface area contributed by atoms with Gasteiger partial charge in [-0.15, -0.1) is 0 Å². The molecule has 2 aliphatic rings. The van der Waals surface area contributed by atoms with Crippen LogP contribution in [-0.4, -0.2) is 57.6 Å². The summed E-state index contributed by atoms with van der Waals surface area (Å²) in [4.78, 5) is 25.8. The summed E-state index contributed by atoms with van der Waals surface area (Å²) in [5.41, 5.74) is -2.52. The number of aromatic amines is 1. The topological polar surface area (TPSA) is 123 Å². The van der Waals surface area contributed by atoms with Crippen LogP contribution in [0, 0.1) is 6.92 Å². The molecule has 0 spiro atoms. The largest absolute Gasteiger partial charge is 0.394 e. The number of H-pyrrole nitrogens is 1. The number of rotatable bonds is 3. The average molecular weight is 314 g/mol. The summed E-state index contributed by atoms with van der Waals surface area (Å²) in [6, 6.07) is 0. The smallest absolute Gasteiger partial charge is 0.330 e. The Hall–Kier alpha value is -1.52. The van der Waals surface area contributed by atoms with Crippen LogP contribution in [0.15, 0.2) is 15.8 Å². The zero-order chi connectivity index (χ0) is 16.1. The Balaban J connectivity index is 2.17. The van der Waals surface area contributed by atoms with E-state index in [9.17, 15) is 19.8 Å². The summed E-state index contributed by atoms with van der Waals surface area (Å²) >= 11 is 0. The Kier molecular flexibility index (Phi) is 3.49. The molecular formula is C13H18N2O7. The van der Waals surface area contributed by atoms with E-state index in [0.29, 0.717) is 5.56 Å². The predicted octanol–water partition coefficient (Wildman–Crippen LogP) is -1.77. The van der Waals surface area contributed by atoms with Crippen molar-refractivity contribution >= 4 is 0 Å². The Morgan fingerprint density at radius 3 is 2.91 bits per heavy atom. The molecule has 0 aromatic carbocycles. The molecule has 4 unspecified atom stereocenters. The molecule has 3 N–H and O–H groups in total. The summed E-state index contributed by atoms with van der Waals surface area (Å²) in [5.74, 6) is -1.63. The summed E-state index contributed by atoms with van der Waals surface area (Å²) in [7, 11) is 1.33. The number of ether oxygens (including phenoxy) is 3. The normalized spacial score (nSPS) is 37.5. The van der Waals surface area contributed by atoms with Crippen LogP contribution in [0.3, 0.4) is 0 Å². The number of aliphatic hydroxyl groups excluding tert-OH is 1. The van der Waals surface area contributed by atoms with Gasteiger partial charge in [-0.3, -0.25) is 14.3 Å². The standard InChI is InChI=1S/C13H18N2O7/c1-7-5-15(11(18)14-9(7)17)10-13(20-2)12(19,3-4-21-13)8(6-16)22-10/h5,8,10,16,19H,3-4,6H2,1-2H3,(H,14,17,18). The molecule has 0 radical (unpaired) electrons. The quantitative estimate of drug-likeness (QED) is 0.603. The molecule has 1 aromatic heterocycles. The molecule has 9 nitrogen and oxygen atoms in total. The molecule has 3 rings (SSSR count). The predicted molar refractivity (Wildman–Crippen MR) is 72.3 cm³/mol. The van der Waals surface area contributed by atoms with Gasteiger partial charge >= 0.3 is 5.69 Å². The van der Waals surface area contributed by atoms with Gasteiger partial charge in [0.1, 0.15) is 6.10 Å². The first-order valence-corrected chi connectivity index (χ1v) is 6.89. The van der Waals surface area contributed by atoms with Gasteiger partial charge in [-0.2, -0.15) is 0 Å². The van der Waals surface area contributed by atoms with Crippen molar-refractivity contribution < 1.29 is 24.4 Å². The lowest BCUT2D eigenvalue weighted by molar-refractivity contribution is -0.284. The van der Waals surface area contributed by atoms with E-state index in [-0.39, 0.29) is 13.0 Å². The number of nitrogens with one attached hydrogen (secondary N) is 1. The molecule has 4 atom stereocenters. The third-order valence-corrected chi connectivity index (χ3v) is 4.42. The van der Waals surface area contributed by atoms with Crippen LogP contribution < -0.4 is 11.2 Å². The van der Waals surface area contributed by atoms with Gasteiger partial charge in [0.05, 0.1) is 13.2 Å². The fraction of sp³-hybridized carbons (Fsp3) is 0.692. The van der Waals surface area contributed by atoms with Gasteiger partial charge in [0.2, 0.25) is 5.79 Å². The van der Waals surface area contributed by atoms with Crippen molar-refractivity contribution in [3.63, 3.8) is 0 Å². The van der Waals surface area contributed by atoms with Crippen molar-refractivity contribution in [2.75, 3.05) is 20.3 Å². The molecule has 122 valence electrons. The highest BCUT2D eigenvalue weighted by Crippen LogP contribution is 2.53. The maximum Gasteiger partial charge on any atom is 0.330 e. The number of aryl methyl sites for hydroxylation is 1. The summed E-state index contributed by atoms with van der Waals surface area (Å²) < 4.78 is 17.7. The van der Waals surface area contributed by atoms with Crippen LogP contribution in [0.5, 0.6) is 0 Å². The van der Waals surface area contributed by atoms with E-state index in [1.807, 2.05) is 0 Å². The first-order chi connectivity index (χ1) is 10.4. The molecule has 0 amide bonds. The van der Waals surface area contributed by atoms with Crippen molar-refractivity contribution in [3.05, 3.63) is 32.6 Å². The first-order valence-electron chi connectivity index (χ1n) is 6.89. The molecule has 2 saturated heterocycles. The number of methoxy groups -OCH3 is 1. The maximum atomic E-state index is 12.1. The van der Waals surface area contributed by atoms with Crippen LogP contribution >= 0.6 is 0 Å². The molecule has 0 saturated carbocycles. The summed E-state index contributed by atoms with van der Waals surface area (Å²) in [5, 5.41) is 20.3. The van der Waals surface area contributed by atoms with Crippen LogP contribution in [-0.2, 0) is 14.2 Å². The van der Waals surface area contributed by atoms with Gasteiger partial charge in [0.25, 0.3) is 5.56 Å². The van der Waals surface area contributed by atoms with Crippen LogP contribution in [0.2, 0.25) is 0 Å². The Labute approximate surface area is 125 Å². The molecule has 2 fully saturated rings. The molecule has 3 heterocycles. The molecule has 22 heavy (non-hydrogen) atoms. The number of fused-ring (bicyclic) bond motifs is 1. The molecule has 0 aliphatic carbocycles. The van der Waals surface area contributed by atoms with E-state index in [2.05, 4.69) is 4.98 Å². The zero-order valence-corrected chi connectivity index (χ0v) is 12.2. The van der Waals surface area contributed by atoms with Gasteiger partial charge < -0.3 is 24.4 Å². The third-order valence-electron chi connectivity index (χ3n) is 4.42. The van der Waals surface area contributed by atoms with Gasteiger partial charge in [-0.1, -0.05) is 0 Å². The van der Waals surface area contributed by atoms with E-state index in [0.717, 1.165) is 4.57 Å². The van der Waals surface area contributed by atoms with Gasteiger partial charge in [-0.05, 0) is 6.92 Å². The van der Waals surface area contributed by atoms with Gasteiger partial charge in [0, 0.05) is 25.3 Å². The van der Waals surface area contributed by atoms with Gasteiger partial charge in [-0.25, -0.2) is 4.79 Å². The fourth-order valence-electron chi connectivity index (χ4n) is 3.23. The molecule has 0 bridgehead atoms. The van der Waals surface area contributed by atoms with Crippen LogP contribution in [0.4, 0.5) is 0 Å². The van der Waals surface area contributed by atoms with Crippen LogP contribution in [0.1, 0.15) is 18.2 Å². The van der Waals surface area contributed by atoms with Crippen molar-refractivity contribution in [1.29, 1.82) is 0 Å². The summed E-state index contributed by atoms with van der Waals surface area (Å²) in [6.45, 7) is 1.27. The van der Waals surface area contributed by atoms with E-state index in [1.165, 1.54) is 20.2 Å². The van der Waals surface area contributed by atoms with E-state index in [1.54, 1.807) is 0 Å². The lowest BCUT2D eigenvalue weighted by Gasteiger charge is -2.36. The second-order valence-electron chi connectivity index (χ2n) is 5.53. The van der Waals surface area contributed by atoms with Crippen molar-refractivity contribution in [3.8, 4) is 0 Å². The molecule has 9 heteroatoms. The van der Waals surface area contributed by atoms with Crippen molar-refractivity contribution in [2.24, 2.45) is 0 Å². The number of nitrogens with zero attached hydrogens (tertiary/aromatic N) is 1. The highest BCUT2D eigenvalue weighted by molar-refractivity contribution is 5.13. The van der Waals surface area contributed by atoms with E-state index < -0.39 is 41.6 Å². The summed E-state index contributed by atoms with van der Waals surface area (Å²) in [6.07, 6.45) is -0.599. The van der Waals surface area contributed by atoms with Gasteiger partial charge in [0.15, 0.2) is 11.8 Å². The Morgan fingerprint density at radius 2 is 2.27 bits per heavy atom. The monoisotopic (exact) mass is 314 g/mol. The van der Waals surface area contributed by atoms with Crippen molar-refractivity contribution in [2.45, 2.75) is 37.1 Å². The zero-order valence-electron chi connectivity index (χ0n) is 12.2. The fourth-order valence-corrected chi connectivity index (χ4v) is 3.23. The van der Waals surface area contributed by atoms with E-state index in [4.69, 9.17) is 14.2 Å². The van der Waals surface area contributed by atoms with Crippen LogP contribution in [0.25, 0.3) is 0 Å². The second kappa shape index (κ2) is 5.00. The highest BCUT2D eigenvalue weighted by atomic mass is 16.8. The average Bonchev–Trinajstić information content (AvgIpc) is 2.93. The number of aromatic nitrogens is 2. The van der Waals surface area contributed by atoms with Crippen molar-refractivity contribution in [1.82, 2.24) is 9.55 Å². The molecular weight excluding hydrogens is 296 g/mol. The molecule has 2 aliphatic heterocycles. The van der Waals surface area contributed by atoms with E-state index >= 15 is 0 Å². The minimum absolute atomic E-state index is 0.192. The highest BCUT2D eigenvalue weighted by Gasteiger charge is 2.72. The maximum absolute atomic E-state index is 12.1. The number of hydrogen-bond acceptors (Lipinski definition) is 7. The number of aliphatic hydroxyl groups is 2. The first kappa shape index (κ1) is 15.4. The Bertz CT molecular complexity index is 698. The third kappa shape index (κ3) is 1.77. The lowest BCUT2D eigenvalue weighted by atomic mass is 9.88. The minimum Gasteiger partial charge on any atom is -0.394 e. The minimum atomic E-state index is -1.63.